The summed E-state index contributed by atoms with van der Waals surface area (Å²) in [5.74, 6) is 0.640. The highest BCUT2D eigenvalue weighted by atomic mass is 16.2. The molecule has 0 aromatic heterocycles. The van der Waals surface area contributed by atoms with Crippen molar-refractivity contribution in [1.29, 1.82) is 5.26 Å². The molecular weight excluding hydrogens is 236 g/mol. The number of nitrogens with zero attached hydrogens (tertiary/aromatic N) is 2. The number of rotatable bonds is 2. The molecule has 19 heavy (non-hydrogen) atoms. The van der Waals surface area contributed by atoms with Crippen LogP contribution >= 0.6 is 0 Å². The summed E-state index contributed by atoms with van der Waals surface area (Å²) >= 11 is 0. The maximum absolute atomic E-state index is 12.1. The van der Waals surface area contributed by atoms with E-state index in [1.54, 1.807) is 6.07 Å². The highest BCUT2D eigenvalue weighted by molar-refractivity contribution is 5.78. The molecule has 1 aromatic carbocycles. The number of hydrogen-bond acceptors (Lipinski definition) is 2. The fourth-order valence-corrected chi connectivity index (χ4v) is 2.46. The van der Waals surface area contributed by atoms with Gasteiger partial charge in [0, 0.05) is 19.5 Å². The first-order valence-electron chi connectivity index (χ1n) is 6.67. The highest BCUT2D eigenvalue weighted by Crippen LogP contribution is 2.34. The third kappa shape index (κ3) is 3.14. The first-order chi connectivity index (χ1) is 8.90. The molecule has 0 N–H and O–H groups in total. The molecule has 100 valence electrons. The van der Waals surface area contributed by atoms with Gasteiger partial charge in [-0.05, 0) is 29.0 Å². The fourth-order valence-electron chi connectivity index (χ4n) is 2.46. The average molecular weight is 256 g/mol. The van der Waals surface area contributed by atoms with Gasteiger partial charge in [0.15, 0.2) is 0 Å². The van der Waals surface area contributed by atoms with Gasteiger partial charge in [-0.3, -0.25) is 4.79 Å². The summed E-state index contributed by atoms with van der Waals surface area (Å²) in [5, 5.41) is 8.89. The predicted octanol–water partition coefficient (Wildman–Crippen LogP) is 2.95. The van der Waals surface area contributed by atoms with Gasteiger partial charge in [-0.2, -0.15) is 5.26 Å². The van der Waals surface area contributed by atoms with Crippen LogP contribution in [0.1, 0.15) is 38.3 Å². The standard InChI is InChI=1S/C16H20N2O/c1-16(2,3)14-8-15(19)18(11-14)10-13-6-4-5-12(7-13)9-17/h4-7,14H,8,10-11H2,1-3H3. The molecular formula is C16H20N2O. The van der Waals surface area contributed by atoms with E-state index in [2.05, 4.69) is 26.8 Å². The van der Waals surface area contributed by atoms with Crippen molar-refractivity contribution in [3.63, 3.8) is 0 Å². The lowest BCUT2D eigenvalue weighted by atomic mass is 9.80. The molecule has 1 atom stereocenters. The maximum atomic E-state index is 12.1. The van der Waals surface area contributed by atoms with Crippen LogP contribution in [0, 0.1) is 22.7 Å². The molecule has 1 aliphatic rings. The van der Waals surface area contributed by atoms with E-state index in [-0.39, 0.29) is 11.3 Å². The number of likely N-dealkylation sites (tertiary alicyclic amines) is 1. The smallest absolute Gasteiger partial charge is 0.223 e. The summed E-state index contributed by atoms with van der Waals surface area (Å²) in [6.45, 7) is 7.99. The highest BCUT2D eigenvalue weighted by Gasteiger charge is 2.36. The van der Waals surface area contributed by atoms with Crippen molar-refractivity contribution in [2.24, 2.45) is 11.3 Å². The van der Waals surface area contributed by atoms with Gasteiger partial charge in [-0.15, -0.1) is 0 Å². The van der Waals surface area contributed by atoms with E-state index < -0.39 is 0 Å². The molecule has 1 fully saturated rings. The second-order valence-electron chi connectivity index (χ2n) is 6.35. The molecule has 1 unspecified atom stereocenters. The molecule has 1 aliphatic heterocycles. The zero-order valence-electron chi connectivity index (χ0n) is 11.8. The summed E-state index contributed by atoms with van der Waals surface area (Å²) in [4.78, 5) is 14.0. The minimum atomic E-state index is 0.166. The molecule has 0 radical (unpaired) electrons. The van der Waals surface area contributed by atoms with Crippen molar-refractivity contribution in [2.75, 3.05) is 6.54 Å². The largest absolute Gasteiger partial charge is 0.338 e. The number of carbonyl (C=O) groups excluding carboxylic acids is 1. The van der Waals surface area contributed by atoms with Gasteiger partial charge in [0.2, 0.25) is 5.91 Å². The average Bonchev–Trinajstić information content (AvgIpc) is 2.71. The fraction of sp³-hybridized carbons (Fsp3) is 0.500. The van der Waals surface area contributed by atoms with Crippen molar-refractivity contribution < 1.29 is 4.79 Å². The SMILES string of the molecule is CC(C)(C)C1CC(=O)N(Cc2cccc(C#N)c2)C1. The minimum absolute atomic E-state index is 0.166. The lowest BCUT2D eigenvalue weighted by molar-refractivity contribution is -0.128. The van der Waals surface area contributed by atoms with Crippen LogP contribution in [0.4, 0.5) is 0 Å². The Morgan fingerprint density at radius 3 is 2.74 bits per heavy atom. The van der Waals surface area contributed by atoms with Gasteiger partial charge in [-0.25, -0.2) is 0 Å². The van der Waals surface area contributed by atoms with E-state index >= 15 is 0 Å². The van der Waals surface area contributed by atoms with Gasteiger partial charge in [0.25, 0.3) is 0 Å². The molecule has 1 saturated heterocycles. The van der Waals surface area contributed by atoms with Crippen LogP contribution in [-0.2, 0) is 11.3 Å². The van der Waals surface area contributed by atoms with Crippen molar-refractivity contribution >= 4 is 5.91 Å². The Kier molecular flexibility index (Phi) is 3.61. The molecule has 3 nitrogen and oxygen atoms in total. The van der Waals surface area contributed by atoms with Crippen molar-refractivity contribution in [3.8, 4) is 6.07 Å². The summed E-state index contributed by atoms with van der Waals surface area (Å²) < 4.78 is 0. The van der Waals surface area contributed by atoms with Crippen LogP contribution in [0.5, 0.6) is 0 Å². The van der Waals surface area contributed by atoms with Gasteiger partial charge < -0.3 is 4.90 Å². The Labute approximate surface area is 114 Å². The van der Waals surface area contributed by atoms with Crippen molar-refractivity contribution in [3.05, 3.63) is 35.4 Å². The van der Waals surface area contributed by atoms with Crippen LogP contribution in [-0.4, -0.2) is 17.4 Å². The van der Waals surface area contributed by atoms with Gasteiger partial charge in [0.1, 0.15) is 0 Å². The van der Waals surface area contributed by atoms with E-state index in [1.807, 2.05) is 23.1 Å². The van der Waals surface area contributed by atoms with E-state index in [4.69, 9.17) is 5.26 Å². The third-order valence-electron chi connectivity index (χ3n) is 3.87. The summed E-state index contributed by atoms with van der Waals surface area (Å²) in [5.41, 5.74) is 1.84. The number of benzene rings is 1. The molecule has 0 bridgehead atoms. The Balaban J connectivity index is 2.08. The van der Waals surface area contributed by atoms with Crippen molar-refractivity contribution in [2.45, 2.75) is 33.7 Å². The topological polar surface area (TPSA) is 44.1 Å². The van der Waals surface area contributed by atoms with E-state index in [9.17, 15) is 4.79 Å². The Morgan fingerprint density at radius 1 is 1.42 bits per heavy atom. The lowest BCUT2D eigenvalue weighted by Crippen LogP contribution is -2.27. The molecule has 1 aromatic rings. The minimum Gasteiger partial charge on any atom is -0.338 e. The van der Waals surface area contributed by atoms with Crippen LogP contribution in [0.3, 0.4) is 0 Å². The quantitative estimate of drug-likeness (QED) is 0.816. The molecule has 2 rings (SSSR count). The van der Waals surface area contributed by atoms with Gasteiger partial charge >= 0.3 is 0 Å². The maximum Gasteiger partial charge on any atom is 0.223 e. The number of carbonyl (C=O) groups is 1. The Morgan fingerprint density at radius 2 is 2.16 bits per heavy atom. The van der Waals surface area contributed by atoms with E-state index in [0.717, 1.165) is 12.1 Å². The molecule has 0 spiro atoms. The van der Waals surface area contributed by atoms with Crippen LogP contribution in [0.25, 0.3) is 0 Å². The number of amides is 1. The second-order valence-corrected chi connectivity index (χ2v) is 6.35. The first kappa shape index (κ1) is 13.6. The van der Waals surface area contributed by atoms with Crippen LogP contribution in [0.15, 0.2) is 24.3 Å². The number of hydrogen-bond donors (Lipinski definition) is 0. The first-order valence-corrected chi connectivity index (χ1v) is 6.67. The molecule has 1 heterocycles. The molecule has 1 amide bonds. The van der Waals surface area contributed by atoms with Crippen LogP contribution < -0.4 is 0 Å². The Bertz CT molecular complexity index is 522. The predicted molar refractivity (Wildman–Crippen MR) is 74.1 cm³/mol. The van der Waals surface area contributed by atoms with Crippen LogP contribution in [0.2, 0.25) is 0 Å². The van der Waals surface area contributed by atoms with Gasteiger partial charge in [0.05, 0.1) is 11.6 Å². The number of nitriles is 1. The van der Waals surface area contributed by atoms with E-state index in [0.29, 0.717) is 24.4 Å². The molecule has 0 aliphatic carbocycles. The van der Waals surface area contributed by atoms with Crippen molar-refractivity contribution in [1.82, 2.24) is 4.90 Å². The second kappa shape index (κ2) is 5.05. The zero-order valence-corrected chi connectivity index (χ0v) is 11.8. The Hall–Kier alpha value is -1.82. The third-order valence-corrected chi connectivity index (χ3v) is 3.87. The zero-order chi connectivity index (χ0) is 14.0. The molecule has 0 saturated carbocycles. The normalized spacial score (nSPS) is 19.6. The summed E-state index contributed by atoms with van der Waals surface area (Å²) in [6.07, 6.45) is 0.640. The monoisotopic (exact) mass is 256 g/mol. The molecule has 3 heteroatoms. The van der Waals surface area contributed by atoms with E-state index in [1.165, 1.54) is 0 Å². The van der Waals surface area contributed by atoms with Gasteiger partial charge in [-0.1, -0.05) is 32.9 Å². The summed E-state index contributed by atoms with van der Waals surface area (Å²) in [7, 11) is 0. The lowest BCUT2D eigenvalue weighted by Gasteiger charge is -2.26. The summed E-state index contributed by atoms with van der Waals surface area (Å²) in [6, 6.07) is 9.62.